The molecule has 1 saturated heterocycles. The van der Waals surface area contributed by atoms with Crippen LogP contribution in [0.3, 0.4) is 0 Å². The highest BCUT2D eigenvalue weighted by atomic mass is 16.5. The minimum Gasteiger partial charge on any atom is -0.379 e. The van der Waals surface area contributed by atoms with Crippen LogP contribution < -0.4 is 5.32 Å². The van der Waals surface area contributed by atoms with Crippen molar-refractivity contribution in [1.29, 1.82) is 0 Å². The van der Waals surface area contributed by atoms with Crippen LogP contribution in [-0.2, 0) is 9.47 Å². The van der Waals surface area contributed by atoms with Gasteiger partial charge >= 0.3 is 0 Å². The lowest BCUT2D eigenvalue weighted by molar-refractivity contribution is -0.0730. The second-order valence-electron chi connectivity index (χ2n) is 5.75. The van der Waals surface area contributed by atoms with Crippen LogP contribution in [0.1, 0.15) is 40.5 Å². The fourth-order valence-corrected chi connectivity index (χ4v) is 1.89. The van der Waals surface area contributed by atoms with Gasteiger partial charge in [0.15, 0.2) is 0 Å². The molecule has 0 aliphatic carbocycles. The summed E-state index contributed by atoms with van der Waals surface area (Å²) in [5.74, 6) is 0. The molecule has 0 saturated carbocycles. The van der Waals surface area contributed by atoms with Crippen molar-refractivity contribution in [2.45, 2.75) is 52.7 Å². The molecule has 1 aliphatic heterocycles. The second kappa shape index (κ2) is 6.58. The van der Waals surface area contributed by atoms with Gasteiger partial charge in [0, 0.05) is 19.3 Å². The summed E-state index contributed by atoms with van der Waals surface area (Å²) in [6, 6.07) is 0.471. The van der Waals surface area contributed by atoms with Gasteiger partial charge in [-0.15, -0.1) is 0 Å². The Kier molecular flexibility index (Phi) is 5.73. The van der Waals surface area contributed by atoms with Crippen LogP contribution in [0.2, 0.25) is 0 Å². The summed E-state index contributed by atoms with van der Waals surface area (Å²) in [5.41, 5.74) is 0.350. The van der Waals surface area contributed by atoms with E-state index < -0.39 is 0 Å². The molecule has 1 fully saturated rings. The molecule has 16 heavy (non-hydrogen) atoms. The Bertz CT molecular complexity index is 187. The molecule has 0 amide bonds. The molecule has 0 aromatic carbocycles. The minimum absolute atomic E-state index is 0.232. The first-order chi connectivity index (χ1) is 7.53. The number of ether oxygens (including phenoxy) is 2. The largest absolute Gasteiger partial charge is 0.379 e. The van der Waals surface area contributed by atoms with E-state index in [0.717, 1.165) is 39.2 Å². The molecule has 1 N–H and O–H groups in total. The van der Waals surface area contributed by atoms with Crippen LogP contribution in [0.5, 0.6) is 0 Å². The maximum Gasteiger partial charge on any atom is 0.0961 e. The summed E-state index contributed by atoms with van der Waals surface area (Å²) in [7, 11) is 0. The van der Waals surface area contributed by atoms with Gasteiger partial charge in [-0.2, -0.15) is 0 Å². The average Bonchev–Trinajstić information content (AvgIpc) is 2.19. The Morgan fingerprint density at radius 1 is 1.38 bits per heavy atom. The molecule has 0 bridgehead atoms. The first-order valence-corrected chi connectivity index (χ1v) is 6.45. The van der Waals surface area contributed by atoms with Gasteiger partial charge in [-0.05, 0) is 24.8 Å². The van der Waals surface area contributed by atoms with E-state index >= 15 is 0 Å². The molecular weight excluding hydrogens is 202 g/mol. The number of rotatable bonds is 5. The van der Waals surface area contributed by atoms with Crippen molar-refractivity contribution in [1.82, 2.24) is 5.32 Å². The van der Waals surface area contributed by atoms with Gasteiger partial charge in [0.2, 0.25) is 0 Å². The van der Waals surface area contributed by atoms with Crippen LogP contribution in [0, 0.1) is 5.41 Å². The standard InChI is InChI=1S/C13H27NO2/c1-5-14-11-6-8-15-10-12(11)16-9-7-13(2,3)4/h11-12,14H,5-10H2,1-4H3. The lowest BCUT2D eigenvalue weighted by Crippen LogP contribution is -2.48. The molecule has 3 nitrogen and oxygen atoms in total. The number of likely N-dealkylation sites (N-methyl/N-ethyl adjacent to an activating group) is 1. The summed E-state index contributed by atoms with van der Waals surface area (Å²) in [6.45, 7) is 12.3. The zero-order valence-electron chi connectivity index (χ0n) is 11.2. The van der Waals surface area contributed by atoms with Gasteiger partial charge in [0.05, 0.1) is 12.7 Å². The fraction of sp³-hybridized carbons (Fsp3) is 1.00. The van der Waals surface area contributed by atoms with E-state index in [1.54, 1.807) is 0 Å². The number of hydrogen-bond donors (Lipinski definition) is 1. The summed E-state index contributed by atoms with van der Waals surface area (Å²) >= 11 is 0. The van der Waals surface area contributed by atoms with Gasteiger partial charge in [-0.3, -0.25) is 0 Å². The molecule has 1 aliphatic rings. The molecule has 3 heteroatoms. The molecule has 96 valence electrons. The molecule has 1 rings (SSSR count). The van der Waals surface area contributed by atoms with E-state index in [2.05, 4.69) is 33.0 Å². The molecule has 0 aromatic rings. The molecule has 1 heterocycles. The van der Waals surface area contributed by atoms with Crippen molar-refractivity contribution >= 4 is 0 Å². The van der Waals surface area contributed by atoms with Crippen molar-refractivity contribution in [3.63, 3.8) is 0 Å². The van der Waals surface area contributed by atoms with E-state index in [4.69, 9.17) is 9.47 Å². The molecule has 0 radical (unpaired) electrons. The normalized spacial score (nSPS) is 27.0. The Labute approximate surface area is 99.9 Å². The third-order valence-electron chi connectivity index (χ3n) is 2.95. The lowest BCUT2D eigenvalue weighted by Gasteiger charge is -2.32. The molecule has 0 aromatic heterocycles. The minimum atomic E-state index is 0.232. The number of nitrogens with one attached hydrogen (secondary N) is 1. The van der Waals surface area contributed by atoms with Gasteiger partial charge in [0.25, 0.3) is 0 Å². The quantitative estimate of drug-likeness (QED) is 0.784. The maximum atomic E-state index is 5.94. The van der Waals surface area contributed by atoms with Gasteiger partial charge in [0.1, 0.15) is 0 Å². The first kappa shape index (κ1) is 13.9. The predicted molar refractivity (Wildman–Crippen MR) is 66.7 cm³/mol. The Morgan fingerprint density at radius 3 is 2.75 bits per heavy atom. The smallest absolute Gasteiger partial charge is 0.0961 e. The van der Waals surface area contributed by atoms with Crippen molar-refractivity contribution in [3.05, 3.63) is 0 Å². The predicted octanol–water partition coefficient (Wildman–Crippen LogP) is 2.21. The topological polar surface area (TPSA) is 30.5 Å². The van der Waals surface area contributed by atoms with E-state index in [0.29, 0.717) is 11.5 Å². The average molecular weight is 229 g/mol. The lowest BCUT2D eigenvalue weighted by atomic mass is 9.93. The Balaban J connectivity index is 2.27. The van der Waals surface area contributed by atoms with Crippen LogP contribution in [0.4, 0.5) is 0 Å². The highest BCUT2D eigenvalue weighted by Gasteiger charge is 2.25. The van der Waals surface area contributed by atoms with Crippen LogP contribution in [0.25, 0.3) is 0 Å². The third-order valence-corrected chi connectivity index (χ3v) is 2.95. The van der Waals surface area contributed by atoms with Crippen LogP contribution in [0.15, 0.2) is 0 Å². The van der Waals surface area contributed by atoms with Crippen molar-refractivity contribution in [2.75, 3.05) is 26.4 Å². The molecule has 2 atom stereocenters. The van der Waals surface area contributed by atoms with E-state index in [9.17, 15) is 0 Å². The SMILES string of the molecule is CCNC1CCOCC1OCCC(C)(C)C. The number of hydrogen-bond acceptors (Lipinski definition) is 3. The van der Waals surface area contributed by atoms with E-state index in [-0.39, 0.29) is 6.10 Å². The van der Waals surface area contributed by atoms with Crippen LogP contribution >= 0.6 is 0 Å². The fourth-order valence-electron chi connectivity index (χ4n) is 1.89. The zero-order valence-corrected chi connectivity index (χ0v) is 11.2. The third kappa shape index (κ3) is 5.28. The zero-order chi connectivity index (χ0) is 12.0. The first-order valence-electron chi connectivity index (χ1n) is 6.45. The van der Waals surface area contributed by atoms with Crippen molar-refractivity contribution in [3.8, 4) is 0 Å². The summed E-state index contributed by atoms with van der Waals surface area (Å²) in [6.07, 6.45) is 2.40. The van der Waals surface area contributed by atoms with Gasteiger partial charge < -0.3 is 14.8 Å². The molecule has 2 unspecified atom stereocenters. The van der Waals surface area contributed by atoms with Gasteiger partial charge in [-0.1, -0.05) is 27.7 Å². The molecular formula is C13H27NO2. The summed E-state index contributed by atoms with van der Waals surface area (Å²) < 4.78 is 11.4. The summed E-state index contributed by atoms with van der Waals surface area (Å²) in [5, 5.41) is 3.48. The van der Waals surface area contributed by atoms with Crippen molar-refractivity contribution < 1.29 is 9.47 Å². The Hall–Kier alpha value is -0.120. The monoisotopic (exact) mass is 229 g/mol. The van der Waals surface area contributed by atoms with E-state index in [1.807, 2.05) is 0 Å². The second-order valence-corrected chi connectivity index (χ2v) is 5.75. The van der Waals surface area contributed by atoms with Crippen LogP contribution in [-0.4, -0.2) is 38.5 Å². The summed E-state index contributed by atoms with van der Waals surface area (Å²) in [4.78, 5) is 0. The molecule has 0 spiro atoms. The van der Waals surface area contributed by atoms with Gasteiger partial charge in [-0.25, -0.2) is 0 Å². The Morgan fingerprint density at radius 2 is 2.12 bits per heavy atom. The highest BCUT2D eigenvalue weighted by molar-refractivity contribution is 4.80. The van der Waals surface area contributed by atoms with E-state index in [1.165, 1.54) is 0 Å². The maximum absolute atomic E-state index is 5.94. The van der Waals surface area contributed by atoms with Crippen molar-refractivity contribution in [2.24, 2.45) is 5.41 Å². The highest BCUT2D eigenvalue weighted by Crippen LogP contribution is 2.19.